The maximum Gasteiger partial charge on any atom is 0.0453 e. The Morgan fingerprint density at radius 1 is 0.941 bits per heavy atom. The minimum atomic E-state index is 0. The summed E-state index contributed by atoms with van der Waals surface area (Å²) in [4.78, 5) is 0. The maximum atomic E-state index is 3.57. The summed E-state index contributed by atoms with van der Waals surface area (Å²) >= 11 is 0. The Bertz CT molecular complexity index is 487. The van der Waals surface area contributed by atoms with Crippen LogP contribution in [-0.4, -0.2) is 19.6 Å². The Balaban J connectivity index is 0.00000108. The van der Waals surface area contributed by atoms with Gasteiger partial charge in [0.15, 0.2) is 0 Å². The largest absolute Gasteiger partial charge is 0.314 e. The van der Waals surface area contributed by atoms with Gasteiger partial charge in [-0.3, -0.25) is 0 Å². The lowest BCUT2D eigenvalue weighted by atomic mass is 9.98. The molecule has 1 aliphatic heterocycles. The van der Waals surface area contributed by atoms with Crippen LogP contribution in [0.15, 0.2) is 42.5 Å². The second kappa shape index (κ2) is 5.50. The molecule has 0 unspecified atom stereocenters. The Labute approximate surface area is 108 Å². The van der Waals surface area contributed by atoms with Gasteiger partial charge in [0.05, 0.1) is 0 Å². The lowest BCUT2D eigenvalue weighted by Crippen LogP contribution is -2.42. The summed E-state index contributed by atoms with van der Waals surface area (Å²) < 4.78 is 0. The van der Waals surface area contributed by atoms with E-state index < -0.39 is 0 Å². The molecular weight excluding hydrogens is 232 g/mol. The number of rotatable bonds is 1. The van der Waals surface area contributed by atoms with Crippen LogP contribution in [0.25, 0.3) is 10.8 Å². The SMILES string of the molecule is Cl.c1ccc2c([C@@H]3CNCCN3)cccc2c1. The Kier molecular flexibility index (Phi) is 4.00. The van der Waals surface area contributed by atoms with E-state index in [1.165, 1.54) is 16.3 Å². The first-order valence-corrected chi connectivity index (χ1v) is 5.87. The van der Waals surface area contributed by atoms with Crippen LogP contribution in [0.3, 0.4) is 0 Å². The van der Waals surface area contributed by atoms with E-state index in [0.717, 1.165) is 19.6 Å². The number of halogens is 1. The van der Waals surface area contributed by atoms with E-state index in [2.05, 4.69) is 53.1 Å². The van der Waals surface area contributed by atoms with Crippen LogP contribution in [0.2, 0.25) is 0 Å². The maximum absolute atomic E-state index is 3.57. The summed E-state index contributed by atoms with van der Waals surface area (Å²) in [6.07, 6.45) is 0. The first-order chi connectivity index (χ1) is 7.95. The average Bonchev–Trinajstić information content (AvgIpc) is 2.39. The molecule has 2 nitrogen and oxygen atoms in total. The highest BCUT2D eigenvalue weighted by Crippen LogP contribution is 2.24. The lowest BCUT2D eigenvalue weighted by molar-refractivity contribution is 0.432. The highest BCUT2D eigenvalue weighted by molar-refractivity contribution is 5.86. The van der Waals surface area contributed by atoms with Crippen molar-refractivity contribution in [3.05, 3.63) is 48.0 Å². The highest BCUT2D eigenvalue weighted by atomic mass is 35.5. The molecule has 2 aromatic carbocycles. The molecule has 90 valence electrons. The first-order valence-electron chi connectivity index (χ1n) is 5.87. The fourth-order valence-corrected chi connectivity index (χ4v) is 2.43. The smallest absolute Gasteiger partial charge is 0.0453 e. The molecule has 3 heteroatoms. The van der Waals surface area contributed by atoms with Crippen LogP contribution in [0.5, 0.6) is 0 Å². The standard InChI is InChI=1S/C14H16N2.ClH/c1-2-6-12-11(4-1)5-3-7-13(12)14-10-15-8-9-16-14;/h1-7,14-16H,8-10H2;1H/t14-;/m0./s1. The number of piperazine rings is 1. The van der Waals surface area contributed by atoms with E-state index >= 15 is 0 Å². The molecule has 1 aliphatic rings. The molecular formula is C14H17ClN2. The van der Waals surface area contributed by atoms with Crippen molar-refractivity contribution in [2.45, 2.75) is 6.04 Å². The van der Waals surface area contributed by atoms with Gasteiger partial charge in [-0.25, -0.2) is 0 Å². The molecule has 1 atom stereocenters. The quantitative estimate of drug-likeness (QED) is 0.810. The summed E-state index contributed by atoms with van der Waals surface area (Å²) in [5.74, 6) is 0. The molecule has 0 amide bonds. The van der Waals surface area contributed by atoms with Crippen molar-refractivity contribution in [2.75, 3.05) is 19.6 Å². The van der Waals surface area contributed by atoms with Crippen LogP contribution in [0.4, 0.5) is 0 Å². The molecule has 0 spiro atoms. The zero-order valence-corrected chi connectivity index (χ0v) is 10.5. The predicted octanol–water partition coefficient (Wildman–Crippen LogP) is 2.50. The number of nitrogens with one attached hydrogen (secondary N) is 2. The van der Waals surface area contributed by atoms with Crippen molar-refractivity contribution in [1.29, 1.82) is 0 Å². The van der Waals surface area contributed by atoms with Crippen molar-refractivity contribution in [3.8, 4) is 0 Å². The van der Waals surface area contributed by atoms with Gasteiger partial charge in [-0.1, -0.05) is 42.5 Å². The zero-order chi connectivity index (χ0) is 10.8. The van der Waals surface area contributed by atoms with Gasteiger partial charge in [0.1, 0.15) is 0 Å². The third-order valence-corrected chi connectivity index (χ3v) is 3.24. The molecule has 2 N–H and O–H groups in total. The van der Waals surface area contributed by atoms with E-state index in [4.69, 9.17) is 0 Å². The number of benzene rings is 2. The topological polar surface area (TPSA) is 24.1 Å². The fraction of sp³-hybridized carbons (Fsp3) is 0.286. The lowest BCUT2D eigenvalue weighted by Gasteiger charge is -2.26. The Morgan fingerprint density at radius 2 is 1.76 bits per heavy atom. The van der Waals surface area contributed by atoms with Gasteiger partial charge in [-0.2, -0.15) is 0 Å². The zero-order valence-electron chi connectivity index (χ0n) is 9.65. The molecule has 0 saturated carbocycles. The summed E-state index contributed by atoms with van der Waals surface area (Å²) in [5.41, 5.74) is 1.41. The van der Waals surface area contributed by atoms with E-state index in [0.29, 0.717) is 6.04 Å². The van der Waals surface area contributed by atoms with Gasteiger partial charge < -0.3 is 10.6 Å². The minimum absolute atomic E-state index is 0. The van der Waals surface area contributed by atoms with Gasteiger partial charge in [-0.05, 0) is 16.3 Å². The molecule has 0 bridgehead atoms. The van der Waals surface area contributed by atoms with Crippen LogP contribution in [-0.2, 0) is 0 Å². The van der Waals surface area contributed by atoms with E-state index in [-0.39, 0.29) is 12.4 Å². The summed E-state index contributed by atoms with van der Waals surface area (Å²) in [7, 11) is 0. The first kappa shape index (κ1) is 12.4. The van der Waals surface area contributed by atoms with Crippen LogP contribution >= 0.6 is 12.4 Å². The molecule has 17 heavy (non-hydrogen) atoms. The second-order valence-corrected chi connectivity index (χ2v) is 4.28. The average molecular weight is 249 g/mol. The molecule has 0 aromatic heterocycles. The molecule has 0 radical (unpaired) electrons. The van der Waals surface area contributed by atoms with Crippen molar-refractivity contribution < 1.29 is 0 Å². The molecule has 1 fully saturated rings. The van der Waals surface area contributed by atoms with Gasteiger partial charge in [-0.15, -0.1) is 12.4 Å². The second-order valence-electron chi connectivity index (χ2n) is 4.28. The fourth-order valence-electron chi connectivity index (χ4n) is 2.43. The van der Waals surface area contributed by atoms with E-state index in [1.54, 1.807) is 0 Å². The molecule has 3 rings (SSSR count). The summed E-state index contributed by atoms with van der Waals surface area (Å²) in [6.45, 7) is 3.14. The summed E-state index contributed by atoms with van der Waals surface area (Å²) in [5, 5.41) is 9.69. The predicted molar refractivity (Wildman–Crippen MR) is 74.8 cm³/mol. The van der Waals surface area contributed by atoms with E-state index in [1.807, 2.05) is 0 Å². The van der Waals surface area contributed by atoms with Crippen molar-refractivity contribution in [1.82, 2.24) is 10.6 Å². The normalized spacial score (nSPS) is 19.9. The Morgan fingerprint density at radius 3 is 2.59 bits per heavy atom. The van der Waals surface area contributed by atoms with Gasteiger partial charge >= 0.3 is 0 Å². The van der Waals surface area contributed by atoms with Crippen LogP contribution in [0.1, 0.15) is 11.6 Å². The Hall–Kier alpha value is -1.09. The van der Waals surface area contributed by atoms with Crippen molar-refractivity contribution in [2.24, 2.45) is 0 Å². The highest BCUT2D eigenvalue weighted by Gasteiger charge is 2.15. The number of hydrogen-bond acceptors (Lipinski definition) is 2. The van der Waals surface area contributed by atoms with E-state index in [9.17, 15) is 0 Å². The third-order valence-electron chi connectivity index (χ3n) is 3.24. The van der Waals surface area contributed by atoms with Crippen molar-refractivity contribution >= 4 is 23.2 Å². The number of hydrogen-bond donors (Lipinski definition) is 2. The number of fused-ring (bicyclic) bond motifs is 1. The van der Waals surface area contributed by atoms with Crippen LogP contribution < -0.4 is 10.6 Å². The van der Waals surface area contributed by atoms with Crippen LogP contribution in [0, 0.1) is 0 Å². The molecule has 0 aliphatic carbocycles. The molecule has 1 saturated heterocycles. The molecule has 1 heterocycles. The summed E-state index contributed by atoms with van der Waals surface area (Å²) in [6, 6.07) is 15.6. The third kappa shape index (κ3) is 2.44. The minimum Gasteiger partial charge on any atom is -0.314 e. The van der Waals surface area contributed by atoms with Gasteiger partial charge in [0.2, 0.25) is 0 Å². The monoisotopic (exact) mass is 248 g/mol. The van der Waals surface area contributed by atoms with Gasteiger partial charge in [0.25, 0.3) is 0 Å². The molecule has 2 aromatic rings. The van der Waals surface area contributed by atoms with Crippen molar-refractivity contribution in [3.63, 3.8) is 0 Å². The van der Waals surface area contributed by atoms with Gasteiger partial charge in [0, 0.05) is 25.7 Å².